The Morgan fingerprint density at radius 2 is 2.12 bits per heavy atom. The third-order valence-electron chi connectivity index (χ3n) is 2.18. The molecule has 0 radical (unpaired) electrons. The number of ether oxygens (including phenoxy) is 1. The molecule has 0 saturated carbocycles. The molecule has 0 N–H and O–H groups in total. The van der Waals surface area contributed by atoms with Gasteiger partial charge in [-0.1, -0.05) is 12.1 Å². The van der Waals surface area contributed by atoms with Crippen molar-refractivity contribution < 1.29 is 9.53 Å². The van der Waals surface area contributed by atoms with Crippen LogP contribution in [0.15, 0.2) is 48.9 Å². The van der Waals surface area contributed by atoms with Crippen LogP contribution >= 0.6 is 0 Å². The van der Waals surface area contributed by atoms with Crippen LogP contribution in [0.3, 0.4) is 0 Å². The Hall–Kier alpha value is -2.23. The summed E-state index contributed by atoms with van der Waals surface area (Å²) < 4.78 is 5.10. The number of carbonyl (C=O) groups is 1. The van der Waals surface area contributed by atoms with Gasteiger partial charge in [0, 0.05) is 18.6 Å². The molecule has 86 valence electrons. The van der Waals surface area contributed by atoms with Gasteiger partial charge in [0.15, 0.2) is 0 Å². The predicted molar refractivity (Wildman–Crippen MR) is 62.0 cm³/mol. The molecule has 0 aliphatic heterocycles. The maximum atomic E-state index is 11.5. The number of esters is 1. The monoisotopic (exact) mass is 228 g/mol. The minimum absolute atomic E-state index is 0.208. The second kappa shape index (κ2) is 5.75. The molecule has 2 heterocycles. The highest BCUT2D eigenvalue weighted by molar-refractivity contribution is 5.72. The molecule has 0 aromatic carbocycles. The second-order valence-electron chi connectivity index (χ2n) is 3.52. The third kappa shape index (κ3) is 3.68. The van der Waals surface area contributed by atoms with Crippen molar-refractivity contribution in [3.8, 4) is 0 Å². The van der Waals surface area contributed by atoms with Gasteiger partial charge in [0.25, 0.3) is 0 Å². The second-order valence-corrected chi connectivity index (χ2v) is 3.52. The Morgan fingerprint density at radius 3 is 2.82 bits per heavy atom. The van der Waals surface area contributed by atoms with Crippen molar-refractivity contribution in [3.05, 3.63) is 60.2 Å². The van der Waals surface area contributed by atoms with Crippen molar-refractivity contribution in [2.24, 2.45) is 0 Å². The number of hydrogen-bond acceptors (Lipinski definition) is 4. The van der Waals surface area contributed by atoms with E-state index in [-0.39, 0.29) is 19.0 Å². The van der Waals surface area contributed by atoms with Gasteiger partial charge in [-0.25, -0.2) is 0 Å². The van der Waals surface area contributed by atoms with E-state index in [2.05, 4.69) is 9.97 Å². The summed E-state index contributed by atoms with van der Waals surface area (Å²) in [6.45, 7) is 0.208. The van der Waals surface area contributed by atoms with Gasteiger partial charge in [-0.3, -0.25) is 14.8 Å². The van der Waals surface area contributed by atoms with Crippen LogP contribution in [0.1, 0.15) is 11.3 Å². The smallest absolute Gasteiger partial charge is 0.310 e. The number of nitrogens with zero attached hydrogens (tertiary/aromatic N) is 2. The highest BCUT2D eigenvalue weighted by Gasteiger charge is 2.05. The molecule has 0 aliphatic carbocycles. The highest BCUT2D eigenvalue weighted by Crippen LogP contribution is 2.01. The molecule has 0 aliphatic rings. The van der Waals surface area contributed by atoms with Crippen LogP contribution in [0.4, 0.5) is 0 Å². The molecule has 4 nitrogen and oxygen atoms in total. The summed E-state index contributed by atoms with van der Waals surface area (Å²) >= 11 is 0. The van der Waals surface area contributed by atoms with Crippen molar-refractivity contribution in [3.63, 3.8) is 0 Å². The SMILES string of the molecule is O=C(Cc1cccnc1)OCc1ccccn1. The van der Waals surface area contributed by atoms with Crippen molar-refractivity contribution in [1.82, 2.24) is 9.97 Å². The highest BCUT2D eigenvalue weighted by atomic mass is 16.5. The Morgan fingerprint density at radius 1 is 1.18 bits per heavy atom. The zero-order valence-electron chi connectivity index (χ0n) is 9.24. The summed E-state index contributed by atoms with van der Waals surface area (Å²) in [6.07, 6.45) is 5.23. The first-order valence-electron chi connectivity index (χ1n) is 5.29. The molecule has 2 aromatic heterocycles. The van der Waals surface area contributed by atoms with Gasteiger partial charge >= 0.3 is 5.97 Å². The van der Waals surface area contributed by atoms with Crippen LogP contribution in [-0.4, -0.2) is 15.9 Å². The maximum absolute atomic E-state index is 11.5. The molecule has 0 bridgehead atoms. The van der Waals surface area contributed by atoms with Gasteiger partial charge in [0.2, 0.25) is 0 Å². The zero-order chi connectivity index (χ0) is 11.9. The number of carbonyl (C=O) groups excluding carboxylic acids is 1. The molecule has 0 fully saturated rings. The summed E-state index contributed by atoms with van der Waals surface area (Å²) in [6, 6.07) is 9.13. The molecule has 0 amide bonds. The fraction of sp³-hybridized carbons (Fsp3) is 0.154. The van der Waals surface area contributed by atoms with Gasteiger partial charge < -0.3 is 4.74 Å². The predicted octanol–water partition coefficient (Wildman–Crippen LogP) is 1.76. The van der Waals surface area contributed by atoms with E-state index < -0.39 is 0 Å². The molecule has 17 heavy (non-hydrogen) atoms. The minimum Gasteiger partial charge on any atom is -0.459 e. The average molecular weight is 228 g/mol. The Balaban J connectivity index is 1.83. The topological polar surface area (TPSA) is 52.1 Å². The molecule has 0 atom stereocenters. The summed E-state index contributed by atoms with van der Waals surface area (Å²) in [5, 5.41) is 0. The largest absolute Gasteiger partial charge is 0.459 e. The lowest BCUT2D eigenvalue weighted by atomic mass is 10.2. The van der Waals surface area contributed by atoms with Gasteiger partial charge in [-0.2, -0.15) is 0 Å². The third-order valence-corrected chi connectivity index (χ3v) is 2.18. The Bertz CT molecular complexity index is 471. The van der Waals surface area contributed by atoms with E-state index >= 15 is 0 Å². The lowest BCUT2D eigenvalue weighted by Crippen LogP contribution is -2.08. The van der Waals surface area contributed by atoms with Gasteiger partial charge in [-0.05, 0) is 23.8 Å². The molecule has 2 aromatic rings. The van der Waals surface area contributed by atoms with Crippen molar-refractivity contribution in [2.75, 3.05) is 0 Å². The molecule has 0 saturated heterocycles. The van der Waals surface area contributed by atoms with E-state index in [4.69, 9.17) is 4.74 Å². The summed E-state index contributed by atoms with van der Waals surface area (Å²) in [4.78, 5) is 19.5. The summed E-state index contributed by atoms with van der Waals surface area (Å²) in [5.74, 6) is -0.274. The number of pyridine rings is 2. The molecular formula is C13H12N2O2. The molecule has 4 heteroatoms. The van der Waals surface area contributed by atoms with Crippen LogP contribution < -0.4 is 0 Å². The number of rotatable bonds is 4. The van der Waals surface area contributed by atoms with Crippen LogP contribution in [0, 0.1) is 0 Å². The lowest BCUT2D eigenvalue weighted by molar-refractivity contribution is -0.144. The summed E-state index contributed by atoms with van der Waals surface area (Å²) in [7, 11) is 0. The number of hydrogen-bond donors (Lipinski definition) is 0. The fourth-order valence-electron chi connectivity index (χ4n) is 1.36. The Labute approximate surface area is 99.3 Å². The van der Waals surface area contributed by atoms with Crippen LogP contribution in [0.25, 0.3) is 0 Å². The first-order chi connectivity index (χ1) is 8.34. The van der Waals surface area contributed by atoms with Crippen molar-refractivity contribution >= 4 is 5.97 Å². The van der Waals surface area contributed by atoms with E-state index in [1.165, 1.54) is 0 Å². The maximum Gasteiger partial charge on any atom is 0.310 e. The van der Waals surface area contributed by atoms with Gasteiger partial charge in [0.1, 0.15) is 6.61 Å². The van der Waals surface area contributed by atoms with Crippen LogP contribution in [0.5, 0.6) is 0 Å². The first kappa shape index (κ1) is 11.3. The molecular weight excluding hydrogens is 216 g/mol. The summed E-state index contributed by atoms with van der Waals surface area (Å²) in [5.41, 5.74) is 1.59. The van der Waals surface area contributed by atoms with Crippen LogP contribution in [0.2, 0.25) is 0 Å². The van der Waals surface area contributed by atoms with E-state index in [9.17, 15) is 4.79 Å². The van der Waals surface area contributed by atoms with Gasteiger partial charge in [0.05, 0.1) is 12.1 Å². The quantitative estimate of drug-likeness (QED) is 0.748. The normalized spacial score (nSPS) is 9.88. The zero-order valence-corrected chi connectivity index (χ0v) is 9.24. The van der Waals surface area contributed by atoms with E-state index in [0.717, 1.165) is 11.3 Å². The first-order valence-corrected chi connectivity index (χ1v) is 5.29. The number of aromatic nitrogens is 2. The average Bonchev–Trinajstić information content (AvgIpc) is 2.39. The molecule has 0 spiro atoms. The molecule has 0 unspecified atom stereocenters. The molecule has 2 rings (SSSR count). The van der Waals surface area contributed by atoms with Crippen molar-refractivity contribution in [2.45, 2.75) is 13.0 Å². The van der Waals surface area contributed by atoms with E-state index in [0.29, 0.717) is 0 Å². The fourth-order valence-corrected chi connectivity index (χ4v) is 1.36. The lowest BCUT2D eigenvalue weighted by Gasteiger charge is -2.03. The Kier molecular flexibility index (Phi) is 3.81. The van der Waals surface area contributed by atoms with E-state index in [1.807, 2.05) is 24.3 Å². The van der Waals surface area contributed by atoms with Crippen molar-refractivity contribution in [1.29, 1.82) is 0 Å². The van der Waals surface area contributed by atoms with E-state index in [1.54, 1.807) is 24.7 Å². The van der Waals surface area contributed by atoms with Crippen LogP contribution in [-0.2, 0) is 22.6 Å². The van der Waals surface area contributed by atoms with Gasteiger partial charge in [-0.15, -0.1) is 0 Å². The standard InChI is InChI=1S/C13H12N2O2/c16-13(8-11-4-3-6-14-9-11)17-10-12-5-1-2-7-15-12/h1-7,9H,8,10H2. The minimum atomic E-state index is -0.274.